The van der Waals surface area contributed by atoms with Crippen LogP contribution in [0, 0.1) is 0 Å². The summed E-state index contributed by atoms with van der Waals surface area (Å²) in [7, 11) is 2.06. The van der Waals surface area contributed by atoms with E-state index in [2.05, 4.69) is 48.5 Å². The second kappa shape index (κ2) is 9.09. The Morgan fingerprint density at radius 1 is 1.28 bits per heavy atom. The summed E-state index contributed by atoms with van der Waals surface area (Å²) < 4.78 is 0. The third-order valence-corrected chi connectivity index (χ3v) is 2.95. The fourth-order valence-electron chi connectivity index (χ4n) is 1.93. The minimum Gasteiger partial charge on any atom is -0.390 e. The number of rotatable bonds is 9. The molecule has 0 spiro atoms. The van der Waals surface area contributed by atoms with Crippen LogP contribution in [0.3, 0.4) is 0 Å². The van der Waals surface area contributed by atoms with Crippen molar-refractivity contribution in [1.29, 1.82) is 0 Å². The Kier molecular flexibility index (Phi) is 7.65. The molecule has 0 bridgehead atoms. The van der Waals surface area contributed by atoms with Crippen LogP contribution < -0.4 is 5.32 Å². The number of aliphatic hydroxyl groups excluding tert-OH is 1. The molecule has 1 atom stereocenters. The van der Waals surface area contributed by atoms with E-state index < -0.39 is 0 Å². The zero-order chi connectivity index (χ0) is 13.2. The number of nitrogens with one attached hydrogen (secondary N) is 1. The van der Waals surface area contributed by atoms with Gasteiger partial charge in [0.1, 0.15) is 0 Å². The zero-order valence-electron chi connectivity index (χ0n) is 11.6. The largest absolute Gasteiger partial charge is 0.390 e. The molecule has 1 aromatic rings. The van der Waals surface area contributed by atoms with Crippen molar-refractivity contribution in [2.24, 2.45) is 0 Å². The molecule has 0 aliphatic carbocycles. The predicted octanol–water partition coefficient (Wildman–Crippen LogP) is 1.52. The summed E-state index contributed by atoms with van der Waals surface area (Å²) in [5.41, 5.74) is 1.35. The fourth-order valence-corrected chi connectivity index (χ4v) is 1.93. The average molecular weight is 250 g/mol. The highest BCUT2D eigenvalue weighted by molar-refractivity contribution is 5.14. The van der Waals surface area contributed by atoms with Crippen LogP contribution in [-0.2, 0) is 6.42 Å². The van der Waals surface area contributed by atoms with E-state index in [1.807, 2.05) is 6.07 Å². The number of aliphatic hydroxyl groups is 1. The lowest BCUT2D eigenvalue weighted by atomic mass is 10.1. The maximum absolute atomic E-state index is 9.84. The highest BCUT2D eigenvalue weighted by Crippen LogP contribution is 2.00. The van der Waals surface area contributed by atoms with E-state index in [1.54, 1.807) is 0 Å². The van der Waals surface area contributed by atoms with Gasteiger partial charge in [-0.3, -0.25) is 0 Å². The summed E-state index contributed by atoms with van der Waals surface area (Å²) in [6.07, 6.45) is 1.86. The Morgan fingerprint density at radius 3 is 2.67 bits per heavy atom. The average Bonchev–Trinajstić information content (AvgIpc) is 2.38. The minimum atomic E-state index is -0.280. The minimum absolute atomic E-state index is 0.280. The standard InChI is InChI=1S/C15H26N2O/c1-3-10-16-12-15(18)13-17(2)11-9-14-7-5-4-6-8-14/h4-8,15-16,18H,3,9-13H2,1-2H3. The summed E-state index contributed by atoms with van der Waals surface area (Å²) in [6, 6.07) is 10.5. The van der Waals surface area contributed by atoms with Crippen LogP contribution in [0.4, 0.5) is 0 Å². The fraction of sp³-hybridized carbons (Fsp3) is 0.600. The van der Waals surface area contributed by atoms with Crippen LogP contribution in [0.5, 0.6) is 0 Å². The van der Waals surface area contributed by atoms with Gasteiger partial charge in [-0.05, 0) is 32.0 Å². The Hall–Kier alpha value is -0.900. The van der Waals surface area contributed by atoms with E-state index in [0.717, 1.165) is 32.5 Å². The molecular formula is C15H26N2O. The SMILES string of the molecule is CCCNCC(O)CN(C)CCc1ccccc1. The molecule has 0 aromatic heterocycles. The van der Waals surface area contributed by atoms with Crippen LogP contribution in [-0.4, -0.2) is 49.3 Å². The summed E-state index contributed by atoms with van der Waals surface area (Å²) in [5, 5.41) is 13.1. The topological polar surface area (TPSA) is 35.5 Å². The van der Waals surface area contributed by atoms with Crippen molar-refractivity contribution in [2.45, 2.75) is 25.9 Å². The van der Waals surface area contributed by atoms with Gasteiger partial charge in [0.05, 0.1) is 6.10 Å². The first kappa shape index (κ1) is 15.2. The third-order valence-electron chi connectivity index (χ3n) is 2.95. The molecule has 2 N–H and O–H groups in total. The molecule has 3 heteroatoms. The molecule has 0 saturated carbocycles. The summed E-state index contributed by atoms with van der Waals surface area (Å²) in [5.74, 6) is 0. The van der Waals surface area contributed by atoms with Gasteiger partial charge in [0.25, 0.3) is 0 Å². The van der Waals surface area contributed by atoms with Gasteiger partial charge in [-0.1, -0.05) is 37.3 Å². The summed E-state index contributed by atoms with van der Waals surface area (Å²) in [6.45, 7) is 5.50. The van der Waals surface area contributed by atoms with Gasteiger partial charge >= 0.3 is 0 Å². The Balaban J connectivity index is 2.15. The molecule has 0 heterocycles. The molecule has 0 amide bonds. The van der Waals surface area contributed by atoms with Crippen LogP contribution in [0.1, 0.15) is 18.9 Å². The monoisotopic (exact) mass is 250 g/mol. The van der Waals surface area contributed by atoms with Crippen molar-refractivity contribution in [2.75, 3.05) is 33.2 Å². The van der Waals surface area contributed by atoms with Gasteiger partial charge < -0.3 is 15.3 Å². The molecule has 1 rings (SSSR count). The van der Waals surface area contributed by atoms with Crippen molar-refractivity contribution < 1.29 is 5.11 Å². The Bertz CT molecular complexity index is 303. The van der Waals surface area contributed by atoms with Crippen LogP contribution >= 0.6 is 0 Å². The van der Waals surface area contributed by atoms with Gasteiger partial charge in [0, 0.05) is 19.6 Å². The smallest absolute Gasteiger partial charge is 0.0791 e. The highest BCUT2D eigenvalue weighted by atomic mass is 16.3. The Morgan fingerprint density at radius 2 is 2.00 bits per heavy atom. The number of nitrogens with zero attached hydrogens (tertiary/aromatic N) is 1. The Labute approximate surface area is 111 Å². The second-order valence-corrected chi connectivity index (χ2v) is 4.86. The summed E-state index contributed by atoms with van der Waals surface area (Å²) in [4.78, 5) is 2.19. The molecule has 102 valence electrons. The molecule has 1 unspecified atom stereocenters. The molecule has 3 nitrogen and oxygen atoms in total. The highest BCUT2D eigenvalue weighted by Gasteiger charge is 2.07. The third kappa shape index (κ3) is 6.74. The van der Waals surface area contributed by atoms with E-state index >= 15 is 0 Å². The van der Waals surface area contributed by atoms with Crippen molar-refractivity contribution in [1.82, 2.24) is 10.2 Å². The number of hydrogen-bond donors (Lipinski definition) is 2. The quantitative estimate of drug-likeness (QED) is 0.652. The first-order valence-electron chi connectivity index (χ1n) is 6.83. The van der Waals surface area contributed by atoms with Gasteiger partial charge in [0.15, 0.2) is 0 Å². The van der Waals surface area contributed by atoms with Crippen molar-refractivity contribution >= 4 is 0 Å². The van der Waals surface area contributed by atoms with E-state index in [4.69, 9.17) is 0 Å². The molecule has 0 aliphatic rings. The van der Waals surface area contributed by atoms with E-state index in [9.17, 15) is 5.11 Å². The van der Waals surface area contributed by atoms with Gasteiger partial charge in [-0.25, -0.2) is 0 Å². The van der Waals surface area contributed by atoms with E-state index in [0.29, 0.717) is 6.54 Å². The normalized spacial score (nSPS) is 12.9. The number of hydrogen-bond acceptors (Lipinski definition) is 3. The van der Waals surface area contributed by atoms with Gasteiger partial charge in [-0.15, -0.1) is 0 Å². The molecule has 0 fully saturated rings. The van der Waals surface area contributed by atoms with E-state index in [1.165, 1.54) is 5.56 Å². The second-order valence-electron chi connectivity index (χ2n) is 4.86. The molecule has 1 aromatic carbocycles. The molecule has 0 radical (unpaired) electrons. The first-order chi connectivity index (χ1) is 8.72. The maximum Gasteiger partial charge on any atom is 0.0791 e. The van der Waals surface area contributed by atoms with Gasteiger partial charge in [-0.2, -0.15) is 0 Å². The predicted molar refractivity (Wildman–Crippen MR) is 76.8 cm³/mol. The van der Waals surface area contributed by atoms with Crippen molar-refractivity contribution in [3.05, 3.63) is 35.9 Å². The number of benzene rings is 1. The van der Waals surface area contributed by atoms with Crippen molar-refractivity contribution in [3.8, 4) is 0 Å². The van der Waals surface area contributed by atoms with Crippen LogP contribution in [0.2, 0.25) is 0 Å². The molecule has 0 aliphatic heterocycles. The lowest BCUT2D eigenvalue weighted by Gasteiger charge is -2.20. The lowest BCUT2D eigenvalue weighted by Crippen LogP contribution is -2.37. The molecular weight excluding hydrogens is 224 g/mol. The van der Waals surface area contributed by atoms with E-state index in [-0.39, 0.29) is 6.10 Å². The molecule has 0 saturated heterocycles. The van der Waals surface area contributed by atoms with Crippen LogP contribution in [0.25, 0.3) is 0 Å². The van der Waals surface area contributed by atoms with Crippen molar-refractivity contribution in [3.63, 3.8) is 0 Å². The van der Waals surface area contributed by atoms with Gasteiger partial charge in [0.2, 0.25) is 0 Å². The lowest BCUT2D eigenvalue weighted by molar-refractivity contribution is 0.125. The van der Waals surface area contributed by atoms with Crippen LogP contribution in [0.15, 0.2) is 30.3 Å². The molecule has 18 heavy (non-hydrogen) atoms. The summed E-state index contributed by atoms with van der Waals surface area (Å²) >= 11 is 0. The maximum atomic E-state index is 9.84. The zero-order valence-corrected chi connectivity index (χ0v) is 11.6. The first-order valence-corrected chi connectivity index (χ1v) is 6.83. The number of likely N-dealkylation sites (N-methyl/N-ethyl adjacent to an activating group) is 1.